The summed E-state index contributed by atoms with van der Waals surface area (Å²) in [5.41, 5.74) is 0.472. The second-order valence-electron chi connectivity index (χ2n) is 5.60. The Bertz CT molecular complexity index is 968. The number of nitrogens with one attached hydrogen (secondary N) is 1. The molecule has 1 fully saturated rings. The van der Waals surface area contributed by atoms with E-state index in [2.05, 4.69) is 25.0 Å². The molecule has 3 aromatic heterocycles. The fraction of sp³-hybridized carbons (Fsp3) is 0.385. The van der Waals surface area contributed by atoms with Crippen LogP contribution in [0.25, 0.3) is 11.5 Å². The Morgan fingerprint density at radius 3 is 2.88 bits per heavy atom. The third-order valence-corrected chi connectivity index (χ3v) is 4.86. The highest BCUT2D eigenvalue weighted by atomic mass is 32.2. The van der Waals surface area contributed by atoms with Crippen LogP contribution in [0.4, 0.5) is 0 Å². The van der Waals surface area contributed by atoms with Crippen LogP contribution in [0.3, 0.4) is 0 Å². The number of imidazole rings is 1. The molecule has 11 heteroatoms. The van der Waals surface area contributed by atoms with E-state index in [1.54, 1.807) is 17.7 Å². The fourth-order valence-electron chi connectivity index (χ4n) is 2.14. The van der Waals surface area contributed by atoms with Crippen molar-refractivity contribution in [3.8, 4) is 11.5 Å². The quantitative estimate of drug-likeness (QED) is 0.691. The SMILES string of the molecule is Cn1cnc(S(=O)(=O)NCc2nc(-c3cc(C4CC4)on3)no2)c1. The van der Waals surface area contributed by atoms with Gasteiger partial charge in [-0.2, -0.15) is 4.98 Å². The third-order valence-electron chi connectivity index (χ3n) is 3.58. The van der Waals surface area contributed by atoms with Gasteiger partial charge < -0.3 is 13.6 Å². The molecule has 126 valence electrons. The smallest absolute Gasteiger partial charge is 0.260 e. The van der Waals surface area contributed by atoms with Gasteiger partial charge in [-0.1, -0.05) is 10.3 Å². The van der Waals surface area contributed by atoms with E-state index in [0.29, 0.717) is 11.6 Å². The maximum absolute atomic E-state index is 12.1. The second-order valence-corrected chi connectivity index (χ2v) is 7.32. The van der Waals surface area contributed by atoms with Crippen molar-refractivity contribution < 1.29 is 17.5 Å². The molecule has 0 aliphatic heterocycles. The molecule has 1 aliphatic rings. The van der Waals surface area contributed by atoms with Crippen molar-refractivity contribution in [1.29, 1.82) is 0 Å². The number of hydrogen-bond donors (Lipinski definition) is 1. The van der Waals surface area contributed by atoms with E-state index >= 15 is 0 Å². The van der Waals surface area contributed by atoms with Gasteiger partial charge in [0.15, 0.2) is 10.7 Å². The lowest BCUT2D eigenvalue weighted by atomic mass is 10.3. The molecule has 3 heterocycles. The summed E-state index contributed by atoms with van der Waals surface area (Å²) in [6, 6.07) is 1.78. The maximum Gasteiger partial charge on any atom is 0.260 e. The number of aryl methyl sites for hydroxylation is 1. The Morgan fingerprint density at radius 1 is 1.33 bits per heavy atom. The van der Waals surface area contributed by atoms with Crippen molar-refractivity contribution >= 4 is 10.0 Å². The topological polar surface area (TPSA) is 129 Å². The molecule has 10 nitrogen and oxygen atoms in total. The summed E-state index contributed by atoms with van der Waals surface area (Å²) >= 11 is 0. The second kappa shape index (κ2) is 5.53. The summed E-state index contributed by atoms with van der Waals surface area (Å²) in [6.07, 6.45) is 5.00. The molecule has 1 aliphatic carbocycles. The number of rotatable bonds is 6. The van der Waals surface area contributed by atoms with Crippen LogP contribution in [-0.4, -0.2) is 33.3 Å². The normalized spacial score (nSPS) is 15.0. The van der Waals surface area contributed by atoms with Crippen LogP contribution in [0.5, 0.6) is 0 Å². The minimum atomic E-state index is -3.74. The zero-order valence-corrected chi connectivity index (χ0v) is 13.5. The van der Waals surface area contributed by atoms with Crippen LogP contribution in [0.15, 0.2) is 32.7 Å². The van der Waals surface area contributed by atoms with Gasteiger partial charge in [0.05, 0.1) is 12.9 Å². The Balaban J connectivity index is 1.45. The van der Waals surface area contributed by atoms with Crippen LogP contribution in [0, 0.1) is 0 Å². The first-order chi connectivity index (χ1) is 11.5. The van der Waals surface area contributed by atoms with Gasteiger partial charge in [-0.05, 0) is 12.8 Å². The van der Waals surface area contributed by atoms with Gasteiger partial charge in [-0.25, -0.2) is 18.1 Å². The molecular formula is C13H14N6O4S. The summed E-state index contributed by atoms with van der Waals surface area (Å²) in [6.45, 7) is -0.140. The first-order valence-electron chi connectivity index (χ1n) is 7.28. The highest BCUT2D eigenvalue weighted by Crippen LogP contribution is 2.40. The average molecular weight is 350 g/mol. The van der Waals surface area contributed by atoms with E-state index < -0.39 is 10.0 Å². The Kier molecular flexibility index (Phi) is 3.46. The molecule has 0 radical (unpaired) electrons. The zero-order chi connectivity index (χ0) is 16.7. The van der Waals surface area contributed by atoms with Crippen LogP contribution < -0.4 is 4.72 Å². The highest BCUT2D eigenvalue weighted by Gasteiger charge is 2.28. The standard InChI is InChI=1S/C13H14N6O4S/c1-19-6-12(14-7-19)24(20,21)15-5-11-16-13(18-23-11)9-4-10(22-17-9)8-2-3-8/h4,6-8,15H,2-3,5H2,1H3. The summed E-state index contributed by atoms with van der Waals surface area (Å²) in [4.78, 5) is 7.92. The Labute approximate surface area is 136 Å². The van der Waals surface area contributed by atoms with Crippen molar-refractivity contribution in [3.05, 3.63) is 30.2 Å². The third kappa shape index (κ3) is 2.95. The summed E-state index contributed by atoms with van der Waals surface area (Å²) in [7, 11) is -2.05. The fourth-order valence-corrected chi connectivity index (χ4v) is 3.10. The highest BCUT2D eigenvalue weighted by molar-refractivity contribution is 7.89. The van der Waals surface area contributed by atoms with Gasteiger partial charge in [0.2, 0.25) is 11.7 Å². The first kappa shape index (κ1) is 15.0. The van der Waals surface area contributed by atoms with Crippen LogP contribution in [-0.2, 0) is 23.6 Å². The summed E-state index contributed by atoms with van der Waals surface area (Å²) < 4.78 is 38.3. The minimum absolute atomic E-state index is 0.0738. The zero-order valence-electron chi connectivity index (χ0n) is 12.7. The largest absolute Gasteiger partial charge is 0.360 e. The predicted molar refractivity (Wildman–Crippen MR) is 79.0 cm³/mol. The average Bonchev–Trinajstić information content (AvgIpc) is 2.97. The number of sulfonamides is 1. The van der Waals surface area contributed by atoms with Gasteiger partial charge in [0.1, 0.15) is 5.76 Å². The van der Waals surface area contributed by atoms with Crippen molar-refractivity contribution in [2.75, 3.05) is 0 Å². The van der Waals surface area contributed by atoms with E-state index in [-0.39, 0.29) is 23.3 Å². The molecule has 24 heavy (non-hydrogen) atoms. The maximum atomic E-state index is 12.1. The van der Waals surface area contributed by atoms with Crippen LogP contribution in [0.2, 0.25) is 0 Å². The van der Waals surface area contributed by atoms with Crippen LogP contribution >= 0.6 is 0 Å². The summed E-state index contributed by atoms with van der Waals surface area (Å²) in [5.74, 6) is 1.63. The van der Waals surface area contributed by atoms with E-state index in [9.17, 15) is 8.42 Å². The molecule has 0 atom stereocenters. The number of hydrogen-bond acceptors (Lipinski definition) is 8. The van der Waals surface area contributed by atoms with Gasteiger partial charge in [0.25, 0.3) is 10.0 Å². The molecule has 0 saturated heterocycles. The van der Waals surface area contributed by atoms with Crippen molar-refractivity contribution in [3.63, 3.8) is 0 Å². The number of aromatic nitrogens is 5. The molecule has 0 spiro atoms. The lowest BCUT2D eigenvalue weighted by molar-refractivity contribution is 0.373. The van der Waals surface area contributed by atoms with Gasteiger partial charge in [-0.3, -0.25) is 0 Å². The number of nitrogens with zero attached hydrogens (tertiary/aromatic N) is 5. The molecule has 0 amide bonds. The van der Waals surface area contributed by atoms with Gasteiger partial charge in [0, 0.05) is 25.2 Å². The molecule has 0 bridgehead atoms. The monoisotopic (exact) mass is 350 g/mol. The molecular weight excluding hydrogens is 336 g/mol. The van der Waals surface area contributed by atoms with E-state index in [0.717, 1.165) is 18.6 Å². The predicted octanol–water partition coefficient (Wildman–Crippen LogP) is 0.814. The Hall–Kier alpha value is -2.53. The van der Waals surface area contributed by atoms with Crippen molar-refractivity contribution in [2.45, 2.75) is 30.3 Å². The van der Waals surface area contributed by atoms with Crippen molar-refractivity contribution in [2.24, 2.45) is 7.05 Å². The minimum Gasteiger partial charge on any atom is -0.360 e. The van der Waals surface area contributed by atoms with Gasteiger partial charge in [-0.15, -0.1) is 0 Å². The lowest BCUT2D eigenvalue weighted by Gasteiger charge is -2.00. The molecule has 1 saturated carbocycles. The van der Waals surface area contributed by atoms with Crippen LogP contribution in [0.1, 0.15) is 30.4 Å². The molecule has 4 rings (SSSR count). The van der Waals surface area contributed by atoms with E-state index in [1.807, 2.05) is 0 Å². The molecule has 0 unspecified atom stereocenters. The molecule has 0 aromatic carbocycles. The first-order valence-corrected chi connectivity index (χ1v) is 8.77. The van der Waals surface area contributed by atoms with E-state index in [4.69, 9.17) is 9.05 Å². The Morgan fingerprint density at radius 2 is 2.17 bits per heavy atom. The van der Waals surface area contributed by atoms with E-state index in [1.165, 1.54) is 12.5 Å². The van der Waals surface area contributed by atoms with Gasteiger partial charge >= 0.3 is 0 Å². The summed E-state index contributed by atoms with van der Waals surface area (Å²) in [5, 5.41) is 7.63. The lowest BCUT2D eigenvalue weighted by Crippen LogP contribution is -2.23. The molecule has 3 aromatic rings. The molecule has 1 N–H and O–H groups in total. The van der Waals surface area contributed by atoms with Crippen molar-refractivity contribution in [1.82, 2.24) is 29.6 Å².